The summed E-state index contributed by atoms with van der Waals surface area (Å²) in [5.74, 6) is 0.586. The fourth-order valence-electron chi connectivity index (χ4n) is 0.594. The first-order chi connectivity index (χ1) is 5.16. The smallest absolute Gasteiger partial charge is 0.157 e. The van der Waals surface area contributed by atoms with Crippen LogP contribution in [0.5, 0.6) is 0 Å². The molecule has 0 rings (SSSR count). The molecule has 2 nitrogen and oxygen atoms in total. The van der Waals surface area contributed by atoms with E-state index >= 15 is 0 Å². The zero-order valence-electron chi connectivity index (χ0n) is 7.30. The van der Waals surface area contributed by atoms with E-state index in [4.69, 9.17) is 4.74 Å². The molecule has 2 heteroatoms. The van der Waals surface area contributed by atoms with Crippen LogP contribution < -0.4 is 0 Å². The second-order valence-electron chi connectivity index (χ2n) is 2.89. The molecule has 0 aliphatic carbocycles. The SMILES string of the molecule is C=CC(=O)CCOCC(C)C. The van der Waals surface area contributed by atoms with Gasteiger partial charge in [0.2, 0.25) is 0 Å². The highest BCUT2D eigenvalue weighted by molar-refractivity contribution is 5.89. The van der Waals surface area contributed by atoms with E-state index in [2.05, 4.69) is 20.4 Å². The molecule has 0 spiro atoms. The topological polar surface area (TPSA) is 26.3 Å². The van der Waals surface area contributed by atoms with Crippen molar-refractivity contribution in [2.75, 3.05) is 13.2 Å². The molecular formula is C9H16O2. The van der Waals surface area contributed by atoms with E-state index in [1.54, 1.807) is 0 Å². The van der Waals surface area contributed by atoms with E-state index in [1.165, 1.54) is 6.08 Å². The molecule has 0 fully saturated rings. The van der Waals surface area contributed by atoms with E-state index < -0.39 is 0 Å². The predicted octanol–water partition coefficient (Wildman–Crippen LogP) is 1.80. The molecule has 64 valence electrons. The first kappa shape index (κ1) is 10.4. The van der Waals surface area contributed by atoms with Crippen molar-refractivity contribution in [3.63, 3.8) is 0 Å². The Labute approximate surface area is 68.2 Å². The molecule has 0 aliphatic rings. The Morgan fingerprint density at radius 1 is 1.64 bits per heavy atom. The molecule has 0 aromatic carbocycles. The second kappa shape index (κ2) is 6.10. The van der Waals surface area contributed by atoms with Gasteiger partial charge in [-0.1, -0.05) is 20.4 Å². The Balaban J connectivity index is 3.14. The number of hydrogen-bond donors (Lipinski definition) is 0. The van der Waals surface area contributed by atoms with Gasteiger partial charge in [0.15, 0.2) is 5.78 Å². The highest BCUT2D eigenvalue weighted by atomic mass is 16.5. The molecule has 11 heavy (non-hydrogen) atoms. The van der Waals surface area contributed by atoms with E-state index in [0.29, 0.717) is 18.9 Å². The molecular weight excluding hydrogens is 140 g/mol. The lowest BCUT2D eigenvalue weighted by atomic mass is 10.2. The number of allylic oxidation sites excluding steroid dienone is 1. The Bertz CT molecular complexity index is 128. The zero-order valence-corrected chi connectivity index (χ0v) is 7.30. The largest absolute Gasteiger partial charge is 0.381 e. The third kappa shape index (κ3) is 7.26. The molecule has 0 radical (unpaired) electrons. The van der Waals surface area contributed by atoms with Gasteiger partial charge in [0.25, 0.3) is 0 Å². The summed E-state index contributed by atoms with van der Waals surface area (Å²) < 4.78 is 5.20. The minimum Gasteiger partial charge on any atom is -0.381 e. The maximum Gasteiger partial charge on any atom is 0.157 e. The van der Waals surface area contributed by atoms with Gasteiger partial charge in [-0.05, 0) is 12.0 Å². The Morgan fingerprint density at radius 3 is 2.73 bits per heavy atom. The van der Waals surface area contributed by atoms with Crippen LogP contribution in [0.1, 0.15) is 20.3 Å². The summed E-state index contributed by atoms with van der Waals surface area (Å²) in [5, 5.41) is 0. The molecule has 0 bridgehead atoms. The van der Waals surface area contributed by atoms with Crippen LogP contribution in [0.15, 0.2) is 12.7 Å². The molecule has 0 amide bonds. The van der Waals surface area contributed by atoms with E-state index in [-0.39, 0.29) is 5.78 Å². The highest BCUT2D eigenvalue weighted by Gasteiger charge is 1.96. The van der Waals surface area contributed by atoms with E-state index in [9.17, 15) is 4.79 Å². The van der Waals surface area contributed by atoms with Gasteiger partial charge in [-0.2, -0.15) is 0 Å². The van der Waals surface area contributed by atoms with Crippen molar-refractivity contribution in [1.82, 2.24) is 0 Å². The van der Waals surface area contributed by atoms with Crippen molar-refractivity contribution < 1.29 is 9.53 Å². The first-order valence-corrected chi connectivity index (χ1v) is 3.89. The van der Waals surface area contributed by atoms with Crippen LogP contribution in [-0.4, -0.2) is 19.0 Å². The molecule has 0 heterocycles. The standard InChI is InChI=1S/C9H16O2/c1-4-9(10)5-6-11-7-8(2)3/h4,8H,1,5-7H2,2-3H3. The van der Waals surface area contributed by atoms with Gasteiger partial charge in [-0.25, -0.2) is 0 Å². The van der Waals surface area contributed by atoms with Crippen LogP contribution in [0.4, 0.5) is 0 Å². The van der Waals surface area contributed by atoms with Crippen molar-refractivity contribution in [2.24, 2.45) is 5.92 Å². The summed E-state index contributed by atoms with van der Waals surface area (Å²) in [5.41, 5.74) is 0. The summed E-state index contributed by atoms with van der Waals surface area (Å²) >= 11 is 0. The summed E-state index contributed by atoms with van der Waals surface area (Å²) in [6.07, 6.45) is 1.79. The molecule has 0 saturated carbocycles. The minimum absolute atomic E-state index is 0.0498. The van der Waals surface area contributed by atoms with Crippen molar-refractivity contribution in [1.29, 1.82) is 0 Å². The quantitative estimate of drug-likeness (QED) is 0.433. The van der Waals surface area contributed by atoms with Crippen molar-refractivity contribution in [3.8, 4) is 0 Å². The monoisotopic (exact) mass is 156 g/mol. The fourth-order valence-corrected chi connectivity index (χ4v) is 0.594. The number of carbonyl (C=O) groups excluding carboxylic acids is 1. The number of ketones is 1. The predicted molar refractivity (Wildman–Crippen MR) is 45.5 cm³/mol. The van der Waals surface area contributed by atoms with Gasteiger partial charge < -0.3 is 4.74 Å². The normalized spacial score (nSPS) is 10.1. The summed E-state index contributed by atoms with van der Waals surface area (Å²) in [7, 11) is 0. The molecule has 0 aliphatic heterocycles. The molecule has 0 atom stereocenters. The molecule has 0 saturated heterocycles. The van der Waals surface area contributed by atoms with Crippen molar-refractivity contribution in [2.45, 2.75) is 20.3 Å². The van der Waals surface area contributed by atoms with E-state index in [1.807, 2.05) is 0 Å². The fraction of sp³-hybridized carbons (Fsp3) is 0.667. The van der Waals surface area contributed by atoms with Crippen LogP contribution >= 0.6 is 0 Å². The lowest BCUT2D eigenvalue weighted by Gasteiger charge is -2.04. The summed E-state index contributed by atoms with van der Waals surface area (Å²) in [6.45, 7) is 8.77. The van der Waals surface area contributed by atoms with Crippen molar-refractivity contribution in [3.05, 3.63) is 12.7 Å². The number of rotatable bonds is 6. The number of ether oxygens (including phenoxy) is 1. The second-order valence-corrected chi connectivity index (χ2v) is 2.89. The molecule has 0 aromatic heterocycles. The van der Waals surface area contributed by atoms with Crippen LogP contribution in [0, 0.1) is 5.92 Å². The molecule has 0 N–H and O–H groups in total. The Morgan fingerprint density at radius 2 is 2.27 bits per heavy atom. The highest BCUT2D eigenvalue weighted by Crippen LogP contribution is 1.93. The third-order valence-corrected chi connectivity index (χ3v) is 1.17. The average molecular weight is 156 g/mol. The van der Waals surface area contributed by atoms with Gasteiger partial charge in [0, 0.05) is 13.0 Å². The average Bonchev–Trinajstić information content (AvgIpc) is 1.97. The van der Waals surface area contributed by atoms with Crippen LogP contribution in [0.3, 0.4) is 0 Å². The van der Waals surface area contributed by atoms with Gasteiger partial charge in [0.05, 0.1) is 6.61 Å². The third-order valence-electron chi connectivity index (χ3n) is 1.17. The summed E-state index contributed by atoms with van der Waals surface area (Å²) in [6, 6.07) is 0. The lowest BCUT2D eigenvalue weighted by Crippen LogP contribution is -2.06. The van der Waals surface area contributed by atoms with Gasteiger partial charge in [0.1, 0.15) is 0 Å². The van der Waals surface area contributed by atoms with Crippen molar-refractivity contribution >= 4 is 5.78 Å². The zero-order chi connectivity index (χ0) is 8.69. The Kier molecular flexibility index (Phi) is 5.75. The van der Waals surface area contributed by atoms with Crippen LogP contribution in [-0.2, 0) is 9.53 Å². The van der Waals surface area contributed by atoms with Crippen LogP contribution in [0.2, 0.25) is 0 Å². The maximum atomic E-state index is 10.7. The van der Waals surface area contributed by atoms with Gasteiger partial charge in [-0.15, -0.1) is 0 Å². The van der Waals surface area contributed by atoms with E-state index in [0.717, 1.165) is 6.61 Å². The Hall–Kier alpha value is -0.630. The summed E-state index contributed by atoms with van der Waals surface area (Å²) in [4.78, 5) is 10.7. The number of carbonyl (C=O) groups is 1. The minimum atomic E-state index is 0.0498. The molecule has 0 unspecified atom stereocenters. The molecule has 0 aromatic rings. The van der Waals surface area contributed by atoms with Crippen LogP contribution in [0.25, 0.3) is 0 Å². The van der Waals surface area contributed by atoms with Gasteiger partial charge >= 0.3 is 0 Å². The number of hydrogen-bond acceptors (Lipinski definition) is 2. The first-order valence-electron chi connectivity index (χ1n) is 3.89. The van der Waals surface area contributed by atoms with Gasteiger partial charge in [-0.3, -0.25) is 4.79 Å². The maximum absolute atomic E-state index is 10.7. The lowest BCUT2D eigenvalue weighted by molar-refractivity contribution is -0.115.